The third-order valence-corrected chi connectivity index (χ3v) is 9.58. The van der Waals surface area contributed by atoms with Gasteiger partial charge in [-0.3, -0.25) is 9.59 Å². The molecule has 0 amide bonds. The van der Waals surface area contributed by atoms with Crippen LogP contribution in [-0.2, 0) is 45.6 Å². The molecule has 0 aromatic heterocycles. The number of esters is 2. The van der Waals surface area contributed by atoms with E-state index in [1.54, 1.807) is 0 Å². The topological polar surface area (TPSA) is 108 Å². The van der Waals surface area contributed by atoms with E-state index >= 15 is 0 Å². The van der Waals surface area contributed by atoms with E-state index in [1.165, 1.54) is 42.7 Å². The Morgan fingerprint density at radius 3 is 1.48 bits per heavy atom. The van der Waals surface area contributed by atoms with Crippen molar-refractivity contribution in [1.29, 1.82) is 0 Å². The van der Waals surface area contributed by atoms with Crippen molar-refractivity contribution in [3.8, 4) is 0 Å². The fourth-order valence-electron chi connectivity index (χ4n) is 2.08. The van der Waals surface area contributed by atoms with Crippen molar-refractivity contribution in [2.24, 2.45) is 0 Å². The lowest BCUT2D eigenvalue weighted by Gasteiger charge is -2.24. The van der Waals surface area contributed by atoms with E-state index in [9.17, 15) is 9.59 Å². The van der Waals surface area contributed by atoms with Crippen molar-refractivity contribution < 1.29 is 45.6 Å². The molecule has 0 aromatic rings. The van der Waals surface area contributed by atoms with E-state index < -0.39 is 34.8 Å². The molecule has 0 radical (unpaired) electrons. The first-order chi connectivity index (χ1) is 12.8. The van der Waals surface area contributed by atoms with Gasteiger partial charge in [0.15, 0.2) is 0 Å². The van der Waals surface area contributed by atoms with E-state index in [0.29, 0.717) is 6.04 Å². The highest BCUT2D eigenvalue weighted by Crippen LogP contribution is 2.15. The second-order valence-corrected chi connectivity index (χ2v) is 12.0. The van der Waals surface area contributed by atoms with Gasteiger partial charge >= 0.3 is 29.5 Å². The van der Waals surface area contributed by atoms with Crippen LogP contribution < -0.4 is 0 Å². The molecule has 160 valence electrons. The van der Waals surface area contributed by atoms with Crippen LogP contribution in [-0.4, -0.2) is 90.7 Å². The molecule has 0 aromatic carbocycles. The maximum absolute atomic E-state index is 11.9. The minimum Gasteiger partial charge on any atom is -0.466 e. The molecule has 0 aliphatic rings. The molecule has 0 saturated carbocycles. The third kappa shape index (κ3) is 9.01. The van der Waals surface area contributed by atoms with Gasteiger partial charge < -0.3 is 36.0 Å². The van der Waals surface area contributed by atoms with Gasteiger partial charge in [0.05, 0.1) is 31.7 Å². The van der Waals surface area contributed by atoms with Crippen LogP contribution >= 0.6 is 12.6 Å². The molecule has 0 aliphatic carbocycles. The Balaban J connectivity index is 4.26. The first-order valence-electron chi connectivity index (χ1n) is 8.08. The Hall–Kier alpha value is -0.516. The minimum absolute atomic E-state index is 0.0241. The average Bonchev–Trinajstić information content (AvgIpc) is 2.69. The van der Waals surface area contributed by atoms with Gasteiger partial charge in [-0.05, 0) is 0 Å². The van der Waals surface area contributed by atoms with Crippen LogP contribution in [0.2, 0.25) is 12.1 Å². The van der Waals surface area contributed by atoms with Crippen LogP contribution in [0.3, 0.4) is 0 Å². The maximum atomic E-state index is 11.9. The molecule has 0 heterocycles. The Morgan fingerprint density at radius 1 is 0.741 bits per heavy atom. The van der Waals surface area contributed by atoms with Crippen molar-refractivity contribution in [3.63, 3.8) is 0 Å². The predicted octanol–water partition coefficient (Wildman–Crippen LogP) is 0.518. The lowest BCUT2D eigenvalue weighted by molar-refractivity contribution is -0.149. The second-order valence-electron chi connectivity index (χ2n) is 5.20. The molecule has 0 N–H and O–H groups in total. The summed E-state index contributed by atoms with van der Waals surface area (Å²) in [4.78, 5) is 23.8. The first-order valence-corrected chi connectivity index (χ1v) is 12.5. The zero-order chi connectivity index (χ0) is 20.9. The fraction of sp³-hybridized carbons (Fsp3) is 0.857. The van der Waals surface area contributed by atoms with Crippen molar-refractivity contribution in [2.75, 3.05) is 55.9 Å². The summed E-state index contributed by atoms with van der Waals surface area (Å²) < 4.78 is 41.5. The van der Waals surface area contributed by atoms with E-state index in [1.807, 2.05) is 0 Å². The maximum Gasteiger partial charge on any atom is 0.503 e. The molecule has 0 bridgehead atoms. The van der Waals surface area contributed by atoms with E-state index in [-0.39, 0.29) is 25.7 Å². The molecule has 1 unspecified atom stereocenters. The van der Waals surface area contributed by atoms with Gasteiger partial charge in [-0.1, -0.05) is 0 Å². The summed E-state index contributed by atoms with van der Waals surface area (Å²) in [7, 11) is 3.16. The molecule has 0 fully saturated rings. The fourth-order valence-corrected chi connectivity index (χ4v) is 5.23. The largest absolute Gasteiger partial charge is 0.503 e. The lowest BCUT2D eigenvalue weighted by Crippen LogP contribution is -2.44. The van der Waals surface area contributed by atoms with E-state index in [4.69, 9.17) is 36.0 Å². The van der Waals surface area contributed by atoms with Crippen LogP contribution in [0, 0.1) is 0 Å². The smallest absolute Gasteiger partial charge is 0.466 e. The van der Waals surface area contributed by atoms with Gasteiger partial charge in [-0.15, -0.1) is 0 Å². The quantitative estimate of drug-likeness (QED) is 0.217. The van der Waals surface area contributed by atoms with Gasteiger partial charge in [-0.25, -0.2) is 0 Å². The standard InChI is InChI=1S/C14H30O10SSi2/c1-17-26(18-2,19-3)9-7-23-13(15)11-12(25)14(16)24-8-10-27(20-4,21-5)22-6/h12,25H,7-11H2,1-6H3. The normalized spacial score (nSPS) is 13.3. The number of hydrogen-bond acceptors (Lipinski definition) is 11. The molecule has 0 rings (SSSR count). The number of carbonyl (C=O) groups excluding carboxylic acids is 2. The highest BCUT2D eigenvalue weighted by molar-refractivity contribution is 7.81. The van der Waals surface area contributed by atoms with E-state index in [2.05, 4.69) is 12.6 Å². The summed E-state index contributed by atoms with van der Waals surface area (Å²) >= 11 is 4.09. The Labute approximate surface area is 167 Å². The number of ether oxygens (including phenoxy) is 2. The highest BCUT2D eigenvalue weighted by atomic mass is 32.1. The molecular formula is C14H30O10SSi2. The van der Waals surface area contributed by atoms with Crippen molar-refractivity contribution in [2.45, 2.75) is 23.8 Å². The van der Waals surface area contributed by atoms with Gasteiger partial charge in [-0.2, -0.15) is 12.6 Å². The average molecular weight is 447 g/mol. The Kier molecular flexibility index (Phi) is 13.4. The zero-order valence-corrected chi connectivity index (χ0v) is 19.5. The molecule has 1 atom stereocenters. The summed E-state index contributed by atoms with van der Waals surface area (Å²) in [6, 6.07) is 0.576. The number of thiol groups is 1. The van der Waals surface area contributed by atoms with E-state index in [0.717, 1.165) is 0 Å². The number of rotatable bonds is 15. The Morgan fingerprint density at radius 2 is 1.11 bits per heavy atom. The second kappa shape index (κ2) is 13.6. The highest BCUT2D eigenvalue weighted by Gasteiger charge is 2.39. The first kappa shape index (κ1) is 26.5. The summed E-state index contributed by atoms with van der Waals surface area (Å²) in [5.41, 5.74) is 0. The summed E-state index contributed by atoms with van der Waals surface area (Å²) in [6.07, 6.45) is -0.231. The summed E-state index contributed by atoms with van der Waals surface area (Å²) in [5, 5.41) is -0.949. The SMILES string of the molecule is CO[Si](CCOC(=O)CC(S)C(=O)OCC[Si](OC)(OC)OC)(OC)OC. The van der Waals surface area contributed by atoms with Crippen molar-refractivity contribution >= 4 is 42.2 Å². The van der Waals surface area contributed by atoms with Crippen LogP contribution in [0.4, 0.5) is 0 Å². The third-order valence-electron chi connectivity index (χ3n) is 3.82. The monoisotopic (exact) mass is 446 g/mol. The minimum atomic E-state index is -2.82. The predicted molar refractivity (Wildman–Crippen MR) is 102 cm³/mol. The molecule has 0 spiro atoms. The zero-order valence-electron chi connectivity index (χ0n) is 16.6. The van der Waals surface area contributed by atoms with Gasteiger partial charge in [0.2, 0.25) is 0 Å². The van der Waals surface area contributed by atoms with Gasteiger partial charge in [0.1, 0.15) is 5.25 Å². The van der Waals surface area contributed by atoms with Crippen LogP contribution in [0.1, 0.15) is 6.42 Å². The molecular weight excluding hydrogens is 416 g/mol. The Bertz CT molecular complexity index is 429. The summed E-state index contributed by atoms with van der Waals surface area (Å²) in [6.45, 7) is 0.0656. The van der Waals surface area contributed by atoms with Gasteiger partial charge in [0, 0.05) is 42.7 Å². The van der Waals surface area contributed by atoms with Gasteiger partial charge in [0.25, 0.3) is 0 Å². The molecule has 27 heavy (non-hydrogen) atoms. The van der Waals surface area contributed by atoms with Crippen LogP contribution in [0.25, 0.3) is 0 Å². The number of carbonyl (C=O) groups is 2. The van der Waals surface area contributed by atoms with Crippen molar-refractivity contribution in [1.82, 2.24) is 0 Å². The van der Waals surface area contributed by atoms with Crippen LogP contribution in [0.5, 0.6) is 0 Å². The number of hydrogen-bond donors (Lipinski definition) is 1. The lowest BCUT2D eigenvalue weighted by atomic mass is 10.3. The molecule has 0 aliphatic heterocycles. The molecule has 13 heteroatoms. The molecule has 0 saturated heterocycles. The molecule has 10 nitrogen and oxygen atoms in total. The summed E-state index contributed by atoms with van der Waals surface area (Å²) in [5.74, 6) is -1.23. The van der Waals surface area contributed by atoms with Crippen LogP contribution in [0.15, 0.2) is 0 Å². The van der Waals surface area contributed by atoms with Crippen molar-refractivity contribution in [3.05, 3.63) is 0 Å².